The summed E-state index contributed by atoms with van der Waals surface area (Å²) < 4.78 is 7.49. The molecule has 0 radical (unpaired) electrons. The van der Waals surface area contributed by atoms with Gasteiger partial charge in [-0.15, -0.1) is 11.8 Å². The molecule has 18 heavy (non-hydrogen) atoms. The van der Waals surface area contributed by atoms with Gasteiger partial charge in [0.25, 0.3) is 5.56 Å². The molecular weight excluding hydrogens is 246 g/mol. The van der Waals surface area contributed by atoms with E-state index < -0.39 is 0 Å². The van der Waals surface area contributed by atoms with Crippen LogP contribution in [0.1, 0.15) is 38.2 Å². The van der Waals surface area contributed by atoms with Crippen molar-refractivity contribution in [1.82, 2.24) is 4.57 Å². The molecule has 0 spiro atoms. The summed E-state index contributed by atoms with van der Waals surface area (Å²) in [6, 6.07) is 3.91. The lowest BCUT2D eigenvalue weighted by Gasteiger charge is -2.37. The average Bonchev–Trinajstić information content (AvgIpc) is 2.39. The van der Waals surface area contributed by atoms with Crippen molar-refractivity contribution in [3.05, 3.63) is 34.2 Å². The minimum atomic E-state index is -0.222. The molecule has 0 amide bonds. The zero-order chi connectivity index (χ0) is 13.2. The monoisotopic (exact) mass is 267 g/mol. The normalized spacial score (nSPS) is 24.4. The Bertz CT molecular complexity index is 461. The van der Waals surface area contributed by atoms with Crippen LogP contribution >= 0.6 is 11.8 Å². The number of hydrogen-bond donors (Lipinski definition) is 0. The quantitative estimate of drug-likeness (QED) is 0.844. The highest BCUT2D eigenvalue weighted by atomic mass is 32.2. The summed E-state index contributed by atoms with van der Waals surface area (Å²) in [5.74, 6) is 0.258. The lowest BCUT2D eigenvalue weighted by atomic mass is 10.0. The topological polar surface area (TPSA) is 31.2 Å². The molecule has 1 saturated heterocycles. The van der Waals surface area contributed by atoms with E-state index in [1.54, 1.807) is 11.8 Å². The van der Waals surface area contributed by atoms with Crippen molar-refractivity contribution in [1.29, 1.82) is 0 Å². The summed E-state index contributed by atoms with van der Waals surface area (Å²) in [7, 11) is 0. The third-order valence-corrected chi connectivity index (χ3v) is 4.88. The molecule has 2 heterocycles. The number of nitrogens with zero attached hydrogens (tertiary/aromatic N) is 1. The fourth-order valence-electron chi connectivity index (χ4n) is 2.47. The van der Waals surface area contributed by atoms with Crippen molar-refractivity contribution in [2.75, 3.05) is 19.5 Å². The molecule has 0 N–H and O–H groups in total. The van der Waals surface area contributed by atoms with Crippen LogP contribution in [0.5, 0.6) is 0 Å². The third kappa shape index (κ3) is 2.36. The Balaban J connectivity index is 2.49. The van der Waals surface area contributed by atoms with E-state index in [1.807, 2.05) is 22.9 Å². The average molecular weight is 267 g/mol. The molecule has 4 heteroatoms. The number of pyridine rings is 1. The summed E-state index contributed by atoms with van der Waals surface area (Å²) in [4.78, 5) is 12.3. The fraction of sp³-hybridized carbons (Fsp3) is 0.643. The van der Waals surface area contributed by atoms with Gasteiger partial charge in [0, 0.05) is 18.4 Å². The molecule has 1 atom stereocenters. The second-order valence-electron chi connectivity index (χ2n) is 5.10. The van der Waals surface area contributed by atoms with Gasteiger partial charge in [0.15, 0.2) is 0 Å². The molecule has 0 bridgehead atoms. The molecule has 0 aliphatic carbocycles. The molecular formula is C14H21NO2S. The van der Waals surface area contributed by atoms with Crippen LogP contribution in [0.15, 0.2) is 23.1 Å². The highest BCUT2D eigenvalue weighted by molar-refractivity contribution is 7.99. The summed E-state index contributed by atoms with van der Waals surface area (Å²) in [5.41, 5.74) is 1.02. The smallest absolute Gasteiger partial charge is 0.255 e. The van der Waals surface area contributed by atoms with Gasteiger partial charge in [0.1, 0.15) is 4.87 Å². The Hall–Kier alpha value is -0.740. The van der Waals surface area contributed by atoms with Crippen LogP contribution in [0.4, 0.5) is 0 Å². The Morgan fingerprint density at radius 1 is 1.50 bits per heavy atom. The van der Waals surface area contributed by atoms with Crippen molar-refractivity contribution in [2.24, 2.45) is 0 Å². The van der Waals surface area contributed by atoms with E-state index in [2.05, 4.69) is 20.1 Å². The summed E-state index contributed by atoms with van der Waals surface area (Å²) >= 11 is 1.72. The maximum absolute atomic E-state index is 12.6. The standard InChI is InChI=1S/C14H21NO2S/c1-11(2)12-6-4-8-15(13(12)16)14(18-3)7-5-9-17-10-14/h4,6,8,11H,5,7,9-10H2,1-3H3. The van der Waals surface area contributed by atoms with E-state index in [4.69, 9.17) is 4.74 Å². The van der Waals surface area contributed by atoms with Crippen LogP contribution in [0.3, 0.4) is 0 Å². The predicted molar refractivity (Wildman–Crippen MR) is 76.3 cm³/mol. The molecule has 100 valence electrons. The number of rotatable bonds is 3. The van der Waals surface area contributed by atoms with Crippen LogP contribution in [0, 0.1) is 0 Å². The number of ether oxygens (including phenoxy) is 1. The first-order valence-electron chi connectivity index (χ1n) is 6.46. The number of aromatic nitrogens is 1. The van der Waals surface area contributed by atoms with E-state index in [9.17, 15) is 4.79 Å². The minimum absolute atomic E-state index is 0.132. The predicted octanol–water partition coefficient (Wildman–Crippen LogP) is 2.80. The third-order valence-electron chi connectivity index (χ3n) is 3.60. The zero-order valence-corrected chi connectivity index (χ0v) is 12.1. The molecule has 0 saturated carbocycles. The lowest BCUT2D eigenvalue weighted by molar-refractivity contribution is 0.0426. The first-order valence-corrected chi connectivity index (χ1v) is 7.68. The number of hydrogen-bond acceptors (Lipinski definition) is 3. The van der Waals surface area contributed by atoms with E-state index in [0.29, 0.717) is 6.61 Å². The van der Waals surface area contributed by atoms with E-state index in [1.165, 1.54) is 0 Å². The molecule has 1 aromatic rings. The van der Waals surface area contributed by atoms with Crippen molar-refractivity contribution in [3.8, 4) is 0 Å². The summed E-state index contributed by atoms with van der Waals surface area (Å²) in [6.45, 7) is 5.55. The highest BCUT2D eigenvalue weighted by Crippen LogP contribution is 2.36. The molecule has 1 aliphatic rings. The SMILES string of the molecule is CSC1(n2cccc(C(C)C)c2=O)CCCOC1. The highest BCUT2D eigenvalue weighted by Gasteiger charge is 2.35. The van der Waals surface area contributed by atoms with Gasteiger partial charge in [-0.3, -0.25) is 9.36 Å². The van der Waals surface area contributed by atoms with Gasteiger partial charge in [-0.25, -0.2) is 0 Å². The molecule has 2 rings (SSSR count). The summed E-state index contributed by atoms with van der Waals surface area (Å²) in [6.07, 6.45) is 5.97. The van der Waals surface area contributed by atoms with Crippen molar-refractivity contribution >= 4 is 11.8 Å². The zero-order valence-electron chi connectivity index (χ0n) is 11.3. The Morgan fingerprint density at radius 3 is 2.83 bits per heavy atom. The second kappa shape index (κ2) is 5.49. The fourth-order valence-corrected chi connectivity index (χ4v) is 3.36. The first kappa shape index (κ1) is 13.7. The Kier molecular flexibility index (Phi) is 4.17. The maximum atomic E-state index is 12.6. The van der Waals surface area contributed by atoms with Crippen molar-refractivity contribution < 1.29 is 4.74 Å². The van der Waals surface area contributed by atoms with Gasteiger partial charge >= 0.3 is 0 Å². The molecule has 1 fully saturated rings. The molecule has 0 aromatic carbocycles. The van der Waals surface area contributed by atoms with Gasteiger partial charge in [0.2, 0.25) is 0 Å². The largest absolute Gasteiger partial charge is 0.378 e. The van der Waals surface area contributed by atoms with E-state index in [-0.39, 0.29) is 16.3 Å². The van der Waals surface area contributed by atoms with Crippen LogP contribution in [0.2, 0.25) is 0 Å². The van der Waals surface area contributed by atoms with Crippen LogP contribution in [-0.2, 0) is 9.61 Å². The Labute approximate surface area is 113 Å². The molecule has 1 aromatic heterocycles. The second-order valence-corrected chi connectivity index (χ2v) is 6.27. The number of thioether (sulfide) groups is 1. The van der Waals surface area contributed by atoms with Crippen molar-refractivity contribution in [3.63, 3.8) is 0 Å². The minimum Gasteiger partial charge on any atom is -0.378 e. The molecule has 3 nitrogen and oxygen atoms in total. The van der Waals surface area contributed by atoms with Crippen LogP contribution in [0.25, 0.3) is 0 Å². The first-order chi connectivity index (χ1) is 8.60. The lowest BCUT2D eigenvalue weighted by Crippen LogP contribution is -2.45. The van der Waals surface area contributed by atoms with E-state index >= 15 is 0 Å². The van der Waals surface area contributed by atoms with Crippen LogP contribution in [-0.4, -0.2) is 24.0 Å². The van der Waals surface area contributed by atoms with Gasteiger partial charge in [-0.2, -0.15) is 0 Å². The van der Waals surface area contributed by atoms with Gasteiger partial charge in [-0.1, -0.05) is 19.9 Å². The van der Waals surface area contributed by atoms with Crippen LogP contribution < -0.4 is 5.56 Å². The van der Waals surface area contributed by atoms with Gasteiger partial charge in [-0.05, 0) is 31.1 Å². The summed E-state index contributed by atoms with van der Waals surface area (Å²) in [5, 5.41) is 0. The molecule has 1 unspecified atom stereocenters. The van der Waals surface area contributed by atoms with Crippen molar-refractivity contribution in [2.45, 2.75) is 37.5 Å². The van der Waals surface area contributed by atoms with Gasteiger partial charge < -0.3 is 4.74 Å². The molecule has 1 aliphatic heterocycles. The maximum Gasteiger partial charge on any atom is 0.255 e. The Morgan fingerprint density at radius 2 is 2.28 bits per heavy atom. The van der Waals surface area contributed by atoms with Gasteiger partial charge in [0.05, 0.1) is 6.61 Å². The van der Waals surface area contributed by atoms with E-state index in [0.717, 1.165) is 25.0 Å².